The van der Waals surface area contributed by atoms with Gasteiger partial charge >= 0.3 is 6.09 Å². The van der Waals surface area contributed by atoms with Crippen molar-refractivity contribution in [3.05, 3.63) is 60.3 Å². The van der Waals surface area contributed by atoms with E-state index in [-0.39, 0.29) is 25.7 Å². The van der Waals surface area contributed by atoms with E-state index >= 15 is 0 Å². The zero-order valence-electron chi connectivity index (χ0n) is 21.9. The number of benzene rings is 1. The van der Waals surface area contributed by atoms with Crippen LogP contribution < -0.4 is 5.32 Å². The molecule has 0 aliphatic carbocycles. The van der Waals surface area contributed by atoms with Crippen molar-refractivity contribution in [1.29, 1.82) is 0 Å². The number of aromatic amines is 1. The minimum Gasteiger partial charge on any atom is -0.450 e. The molecule has 1 amide bonds. The molecule has 10 heteroatoms. The largest absolute Gasteiger partial charge is 0.450 e. The summed E-state index contributed by atoms with van der Waals surface area (Å²) in [5.74, 6) is -0.251. The van der Waals surface area contributed by atoms with Gasteiger partial charge in [0, 0.05) is 62.3 Å². The first-order valence-corrected chi connectivity index (χ1v) is 12.9. The lowest BCUT2D eigenvalue weighted by Crippen LogP contribution is -2.48. The predicted octanol–water partition coefficient (Wildman–Crippen LogP) is 5.56. The van der Waals surface area contributed by atoms with Gasteiger partial charge in [-0.2, -0.15) is 0 Å². The van der Waals surface area contributed by atoms with Crippen LogP contribution in [0, 0.1) is 5.82 Å². The molecule has 1 fully saturated rings. The van der Waals surface area contributed by atoms with E-state index < -0.39 is 11.9 Å². The van der Waals surface area contributed by atoms with Crippen LogP contribution in [0.25, 0.3) is 33.4 Å². The quantitative estimate of drug-likeness (QED) is 0.321. The number of hydrogen-bond acceptors (Lipinski definition) is 7. The standard InChI is InChI=1S/C28H32FN7O2.CH4/c1-4-38-28(37)34-27-32-24-15-20(14-22(26(24)33-27)25-23(29)6-5-9-30-25)19-7-8-21(31-16-19)17-35-10-12-36(13-11-35)18(2)3;/h5-9,14-16,18H,4,10-13,17H2,1-3H3,(H2,32,33,34,37);1H4. The van der Waals surface area contributed by atoms with Gasteiger partial charge in [0.1, 0.15) is 17.0 Å². The van der Waals surface area contributed by atoms with Crippen molar-refractivity contribution in [3.8, 4) is 22.4 Å². The number of amides is 1. The molecule has 1 aliphatic rings. The monoisotopic (exact) mass is 533 g/mol. The van der Waals surface area contributed by atoms with Crippen LogP contribution in [-0.2, 0) is 11.3 Å². The molecule has 9 nitrogen and oxygen atoms in total. The van der Waals surface area contributed by atoms with Crippen LogP contribution in [0.4, 0.5) is 15.1 Å². The predicted molar refractivity (Wildman–Crippen MR) is 152 cm³/mol. The smallest absolute Gasteiger partial charge is 0.413 e. The highest BCUT2D eigenvalue weighted by atomic mass is 19.1. The van der Waals surface area contributed by atoms with E-state index in [1.54, 1.807) is 19.2 Å². The number of anilines is 1. The summed E-state index contributed by atoms with van der Waals surface area (Å²) in [7, 11) is 0. The fourth-order valence-electron chi connectivity index (χ4n) is 4.73. The molecule has 0 unspecified atom stereocenters. The summed E-state index contributed by atoms with van der Waals surface area (Å²) in [6.07, 6.45) is 2.76. The van der Waals surface area contributed by atoms with Crippen molar-refractivity contribution in [1.82, 2.24) is 29.7 Å². The Morgan fingerprint density at radius 3 is 2.59 bits per heavy atom. The molecule has 4 aromatic rings. The van der Waals surface area contributed by atoms with Gasteiger partial charge in [-0.25, -0.2) is 14.2 Å². The number of carbonyl (C=O) groups excluding carboxylic acids is 1. The summed E-state index contributed by atoms with van der Waals surface area (Å²) in [5, 5.41) is 2.58. The molecule has 4 heterocycles. The Labute approximate surface area is 228 Å². The second kappa shape index (κ2) is 12.3. The van der Waals surface area contributed by atoms with Gasteiger partial charge in [0.2, 0.25) is 5.95 Å². The summed E-state index contributed by atoms with van der Waals surface area (Å²) in [6.45, 7) is 11.4. The molecule has 0 spiro atoms. The van der Waals surface area contributed by atoms with Gasteiger partial charge in [0.05, 0.1) is 17.8 Å². The van der Waals surface area contributed by atoms with E-state index in [4.69, 9.17) is 9.72 Å². The first-order valence-electron chi connectivity index (χ1n) is 12.9. The van der Waals surface area contributed by atoms with Gasteiger partial charge in [-0.05, 0) is 56.7 Å². The number of H-pyrrole nitrogens is 1. The van der Waals surface area contributed by atoms with E-state index in [0.717, 1.165) is 49.5 Å². The van der Waals surface area contributed by atoms with Crippen molar-refractivity contribution in [2.75, 3.05) is 38.1 Å². The van der Waals surface area contributed by atoms with Crippen molar-refractivity contribution in [2.45, 2.75) is 40.8 Å². The first kappa shape index (κ1) is 28.1. The third-order valence-corrected chi connectivity index (χ3v) is 6.78. The average Bonchev–Trinajstić information content (AvgIpc) is 3.31. The Balaban J connectivity index is 0.00000353. The number of aromatic nitrogens is 4. The number of carbonyl (C=O) groups is 1. The Morgan fingerprint density at radius 1 is 1.13 bits per heavy atom. The normalized spacial score (nSPS) is 14.4. The van der Waals surface area contributed by atoms with Crippen molar-refractivity contribution >= 4 is 23.1 Å². The molecule has 0 bridgehead atoms. The van der Waals surface area contributed by atoms with E-state index in [1.807, 2.05) is 30.5 Å². The number of imidazole rings is 1. The Morgan fingerprint density at radius 2 is 1.92 bits per heavy atom. The van der Waals surface area contributed by atoms with E-state index in [0.29, 0.717) is 22.6 Å². The Hall–Kier alpha value is -3.89. The fraction of sp³-hybridized carbons (Fsp3) is 0.379. The molecular weight excluding hydrogens is 497 g/mol. The van der Waals surface area contributed by atoms with Crippen LogP contribution in [-0.4, -0.2) is 74.7 Å². The molecule has 206 valence electrons. The zero-order valence-corrected chi connectivity index (χ0v) is 21.9. The molecule has 2 N–H and O–H groups in total. The summed E-state index contributed by atoms with van der Waals surface area (Å²) in [6, 6.07) is 11.3. The third-order valence-electron chi connectivity index (χ3n) is 6.78. The molecule has 1 saturated heterocycles. The molecular formula is C29H36FN7O2. The lowest BCUT2D eigenvalue weighted by molar-refractivity contribution is 0.103. The average molecular weight is 534 g/mol. The van der Waals surface area contributed by atoms with Gasteiger partial charge in [0.25, 0.3) is 0 Å². The number of hydrogen-bond donors (Lipinski definition) is 2. The van der Waals surface area contributed by atoms with Gasteiger partial charge in [0.15, 0.2) is 0 Å². The molecule has 0 saturated carbocycles. The minimum absolute atomic E-state index is 0. The molecule has 1 aliphatic heterocycles. The first-order chi connectivity index (χ1) is 18.4. The van der Waals surface area contributed by atoms with Crippen molar-refractivity contribution in [2.24, 2.45) is 0 Å². The highest BCUT2D eigenvalue weighted by Crippen LogP contribution is 2.34. The van der Waals surface area contributed by atoms with Crippen LogP contribution in [0.15, 0.2) is 48.8 Å². The number of halogens is 1. The van der Waals surface area contributed by atoms with Crippen LogP contribution in [0.3, 0.4) is 0 Å². The second-order valence-electron chi connectivity index (χ2n) is 9.63. The van der Waals surface area contributed by atoms with E-state index in [1.165, 1.54) is 6.07 Å². The topological polar surface area (TPSA) is 99.3 Å². The maximum Gasteiger partial charge on any atom is 0.413 e. The van der Waals surface area contributed by atoms with Crippen LogP contribution >= 0.6 is 0 Å². The van der Waals surface area contributed by atoms with Crippen LogP contribution in [0.2, 0.25) is 0 Å². The number of nitrogens with zero attached hydrogens (tertiary/aromatic N) is 5. The highest BCUT2D eigenvalue weighted by molar-refractivity contribution is 5.97. The highest BCUT2D eigenvalue weighted by Gasteiger charge is 2.20. The number of piperazine rings is 1. The number of pyridine rings is 2. The van der Waals surface area contributed by atoms with Crippen LogP contribution in [0.1, 0.15) is 33.9 Å². The van der Waals surface area contributed by atoms with Gasteiger partial charge in [-0.1, -0.05) is 13.5 Å². The lowest BCUT2D eigenvalue weighted by Gasteiger charge is -2.36. The molecule has 0 radical (unpaired) electrons. The Kier molecular flexibility index (Phi) is 8.88. The maximum absolute atomic E-state index is 14.8. The van der Waals surface area contributed by atoms with E-state index in [9.17, 15) is 9.18 Å². The maximum atomic E-state index is 14.8. The SMILES string of the molecule is C.CCOC(=O)Nc1nc2c(-c3ncccc3F)cc(-c3ccc(CN4CCN(C(C)C)CC4)nc3)cc2[nH]1. The van der Waals surface area contributed by atoms with Crippen molar-refractivity contribution in [3.63, 3.8) is 0 Å². The summed E-state index contributed by atoms with van der Waals surface area (Å²) < 4.78 is 19.7. The zero-order chi connectivity index (χ0) is 26.6. The molecule has 39 heavy (non-hydrogen) atoms. The van der Waals surface area contributed by atoms with Gasteiger partial charge in [-0.3, -0.25) is 25.1 Å². The van der Waals surface area contributed by atoms with Crippen molar-refractivity contribution < 1.29 is 13.9 Å². The summed E-state index contributed by atoms with van der Waals surface area (Å²) in [4.78, 5) is 33.4. The van der Waals surface area contributed by atoms with Crippen LogP contribution in [0.5, 0.6) is 0 Å². The summed E-state index contributed by atoms with van der Waals surface area (Å²) >= 11 is 0. The molecule has 5 rings (SSSR count). The molecule has 0 atom stereocenters. The number of fused-ring (bicyclic) bond motifs is 1. The Bertz CT molecular complexity index is 1410. The molecule has 3 aromatic heterocycles. The second-order valence-corrected chi connectivity index (χ2v) is 9.63. The number of rotatable bonds is 7. The van der Waals surface area contributed by atoms with Gasteiger partial charge < -0.3 is 9.72 Å². The number of ether oxygens (including phenoxy) is 1. The minimum atomic E-state index is -0.622. The van der Waals surface area contributed by atoms with E-state index in [2.05, 4.69) is 43.9 Å². The number of nitrogens with one attached hydrogen (secondary N) is 2. The lowest BCUT2D eigenvalue weighted by atomic mass is 10.0. The summed E-state index contributed by atoms with van der Waals surface area (Å²) in [5.41, 5.74) is 4.52. The fourth-order valence-corrected chi connectivity index (χ4v) is 4.73. The molecule has 1 aromatic carbocycles. The third kappa shape index (κ3) is 6.40. The van der Waals surface area contributed by atoms with Gasteiger partial charge in [-0.15, -0.1) is 0 Å².